The molecule has 2 rings (SSSR count). The molecule has 0 unspecified atom stereocenters. The van der Waals surface area contributed by atoms with Gasteiger partial charge in [0.1, 0.15) is 5.69 Å². The molecule has 0 aromatic heterocycles. The van der Waals surface area contributed by atoms with Crippen LogP contribution in [0.4, 0.5) is 24.5 Å². The lowest BCUT2D eigenvalue weighted by Gasteiger charge is -2.12. The molecule has 0 aliphatic rings. The van der Waals surface area contributed by atoms with Crippen molar-refractivity contribution in [3.05, 3.63) is 56.6 Å². The first-order chi connectivity index (χ1) is 14.6. The van der Waals surface area contributed by atoms with Gasteiger partial charge in [0.15, 0.2) is 18.1 Å². The smallest absolute Gasteiger partial charge is 0.416 e. The number of alkyl halides is 3. The molecule has 1 N–H and O–H groups in total. The molecule has 0 atom stereocenters. The molecule has 0 saturated carbocycles. The number of benzene rings is 2. The maximum absolute atomic E-state index is 12.8. The molecule has 166 valence electrons. The van der Waals surface area contributed by atoms with Crippen molar-refractivity contribution in [3.63, 3.8) is 0 Å². The lowest BCUT2D eigenvalue weighted by Crippen LogP contribution is -2.13. The minimum atomic E-state index is -4.72. The molecule has 9 nitrogen and oxygen atoms in total. The number of methoxy groups -OCH3 is 2. The van der Waals surface area contributed by atoms with Crippen LogP contribution in [0.25, 0.3) is 0 Å². The second kappa shape index (κ2) is 9.98. The van der Waals surface area contributed by atoms with E-state index < -0.39 is 34.9 Å². The summed E-state index contributed by atoms with van der Waals surface area (Å²) in [5, 5.41) is 15.0. The number of nitrogens with zero attached hydrogens (tertiary/aromatic N) is 2. The number of nitrogens with one attached hydrogen (secondary N) is 1. The van der Waals surface area contributed by atoms with Crippen molar-refractivity contribution >= 4 is 35.2 Å². The topological polar surface area (TPSA) is 112 Å². The predicted molar refractivity (Wildman–Crippen MR) is 105 cm³/mol. The molecular weight excluding hydrogens is 447 g/mol. The average Bonchev–Trinajstić information content (AvgIpc) is 2.71. The fourth-order valence-corrected chi connectivity index (χ4v) is 2.55. The fraction of sp³-hybridized carbons (Fsp3) is 0.222. The van der Waals surface area contributed by atoms with E-state index in [1.165, 1.54) is 32.6 Å². The van der Waals surface area contributed by atoms with Crippen molar-refractivity contribution in [1.29, 1.82) is 0 Å². The largest absolute Gasteiger partial charge is 0.493 e. The highest BCUT2D eigenvalue weighted by Gasteiger charge is 2.33. The second-order valence-electron chi connectivity index (χ2n) is 5.76. The van der Waals surface area contributed by atoms with Crippen LogP contribution in [-0.2, 0) is 15.7 Å². The second-order valence-corrected chi connectivity index (χ2v) is 6.16. The van der Waals surface area contributed by atoms with Crippen LogP contribution in [0.15, 0.2) is 35.4 Å². The van der Waals surface area contributed by atoms with Crippen molar-refractivity contribution in [2.45, 2.75) is 6.18 Å². The van der Waals surface area contributed by atoms with Crippen LogP contribution < -0.4 is 14.9 Å². The van der Waals surface area contributed by atoms with Gasteiger partial charge in [-0.05, 0) is 29.8 Å². The Bertz CT molecular complexity index is 1010. The molecule has 0 saturated heterocycles. The number of anilines is 1. The van der Waals surface area contributed by atoms with E-state index in [1.807, 2.05) is 0 Å². The number of esters is 1. The first kappa shape index (κ1) is 23.7. The Labute approximate surface area is 178 Å². The summed E-state index contributed by atoms with van der Waals surface area (Å²) in [5.41, 5.74) is 0.493. The van der Waals surface area contributed by atoms with Gasteiger partial charge < -0.3 is 14.2 Å². The van der Waals surface area contributed by atoms with Gasteiger partial charge in [-0.25, -0.2) is 4.79 Å². The number of ether oxygens (including phenoxy) is 3. The highest BCUT2D eigenvalue weighted by molar-refractivity contribution is 6.32. The molecule has 0 spiro atoms. The first-order valence-electron chi connectivity index (χ1n) is 8.28. The summed E-state index contributed by atoms with van der Waals surface area (Å²) in [7, 11) is 2.53. The number of hydrogen-bond donors (Lipinski definition) is 1. The number of nitro benzene ring substituents is 1. The summed E-state index contributed by atoms with van der Waals surface area (Å²) in [4.78, 5) is 21.4. The molecular formula is C18H15ClF3N3O6. The van der Waals surface area contributed by atoms with E-state index in [4.69, 9.17) is 21.1 Å². The number of hydrogen-bond acceptors (Lipinski definition) is 8. The number of rotatable bonds is 8. The molecule has 0 heterocycles. The molecule has 2 aromatic carbocycles. The Morgan fingerprint density at radius 2 is 2.00 bits per heavy atom. The molecule has 13 heteroatoms. The Balaban J connectivity index is 2.23. The van der Waals surface area contributed by atoms with Crippen molar-refractivity contribution in [1.82, 2.24) is 0 Å². The first-order valence-corrected chi connectivity index (χ1v) is 8.66. The van der Waals surface area contributed by atoms with Crippen LogP contribution in [0.1, 0.15) is 11.1 Å². The third-order valence-corrected chi connectivity index (χ3v) is 4.01. The van der Waals surface area contributed by atoms with Gasteiger partial charge in [0, 0.05) is 6.07 Å². The SMILES string of the molecule is COC(=O)COc1c(Cl)cc(/C=N\Nc2ccc(C(F)(F)F)cc2[N+](=O)[O-])cc1OC. The summed E-state index contributed by atoms with van der Waals surface area (Å²) in [6.45, 7) is -0.404. The van der Waals surface area contributed by atoms with E-state index in [0.29, 0.717) is 17.7 Å². The molecule has 0 radical (unpaired) electrons. The lowest BCUT2D eigenvalue weighted by molar-refractivity contribution is -0.384. The molecule has 0 aliphatic heterocycles. The third-order valence-electron chi connectivity index (χ3n) is 3.73. The van der Waals surface area contributed by atoms with E-state index in [1.54, 1.807) is 0 Å². The van der Waals surface area contributed by atoms with E-state index in [-0.39, 0.29) is 22.2 Å². The maximum Gasteiger partial charge on any atom is 0.416 e. The van der Waals surface area contributed by atoms with Gasteiger partial charge in [0.2, 0.25) is 0 Å². The van der Waals surface area contributed by atoms with Gasteiger partial charge in [0.05, 0.1) is 35.9 Å². The minimum Gasteiger partial charge on any atom is -0.493 e. The van der Waals surface area contributed by atoms with Crippen LogP contribution in [0, 0.1) is 10.1 Å². The monoisotopic (exact) mass is 461 g/mol. The van der Waals surface area contributed by atoms with Gasteiger partial charge in [0.25, 0.3) is 5.69 Å². The Hall–Kier alpha value is -3.54. The highest BCUT2D eigenvalue weighted by atomic mass is 35.5. The number of hydrazone groups is 1. The Morgan fingerprint density at radius 3 is 2.58 bits per heavy atom. The summed E-state index contributed by atoms with van der Waals surface area (Å²) in [5.74, 6) is -0.387. The maximum atomic E-state index is 12.8. The number of halogens is 4. The average molecular weight is 462 g/mol. The Morgan fingerprint density at radius 1 is 1.29 bits per heavy atom. The van der Waals surface area contributed by atoms with E-state index in [0.717, 1.165) is 6.07 Å². The van der Waals surface area contributed by atoms with Gasteiger partial charge in [-0.1, -0.05) is 11.6 Å². The molecule has 31 heavy (non-hydrogen) atoms. The number of carbonyl (C=O) groups is 1. The molecule has 0 amide bonds. The lowest BCUT2D eigenvalue weighted by atomic mass is 10.1. The highest BCUT2D eigenvalue weighted by Crippen LogP contribution is 2.37. The van der Waals surface area contributed by atoms with Crippen molar-refractivity contribution < 1.29 is 37.1 Å². The predicted octanol–water partition coefficient (Wildman–Crippen LogP) is 4.27. The fourth-order valence-electron chi connectivity index (χ4n) is 2.27. The number of carbonyl (C=O) groups excluding carboxylic acids is 1. The molecule has 0 fully saturated rings. The van der Waals surface area contributed by atoms with E-state index >= 15 is 0 Å². The van der Waals surface area contributed by atoms with Crippen molar-refractivity contribution in [2.75, 3.05) is 26.3 Å². The summed E-state index contributed by atoms with van der Waals surface area (Å²) in [6.07, 6.45) is -3.52. The summed E-state index contributed by atoms with van der Waals surface area (Å²) in [6, 6.07) is 4.85. The van der Waals surface area contributed by atoms with Crippen molar-refractivity contribution in [2.24, 2.45) is 5.10 Å². The van der Waals surface area contributed by atoms with Crippen LogP contribution >= 0.6 is 11.6 Å². The normalized spacial score (nSPS) is 11.3. The van der Waals surface area contributed by atoms with Gasteiger partial charge in [-0.3, -0.25) is 15.5 Å². The zero-order chi connectivity index (χ0) is 23.2. The zero-order valence-electron chi connectivity index (χ0n) is 16.0. The zero-order valence-corrected chi connectivity index (χ0v) is 16.8. The van der Waals surface area contributed by atoms with Crippen molar-refractivity contribution in [3.8, 4) is 11.5 Å². The molecule has 0 bridgehead atoms. The van der Waals surface area contributed by atoms with Crippen LogP contribution in [0.5, 0.6) is 11.5 Å². The van der Waals surface area contributed by atoms with Crippen LogP contribution in [0.3, 0.4) is 0 Å². The van der Waals surface area contributed by atoms with E-state index in [2.05, 4.69) is 15.3 Å². The summed E-state index contributed by atoms with van der Waals surface area (Å²) < 4.78 is 53.2. The molecule has 0 aliphatic carbocycles. The van der Waals surface area contributed by atoms with Gasteiger partial charge in [-0.2, -0.15) is 18.3 Å². The van der Waals surface area contributed by atoms with Crippen LogP contribution in [0.2, 0.25) is 5.02 Å². The van der Waals surface area contributed by atoms with Gasteiger partial charge >= 0.3 is 12.1 Å². The Kier molecular flexibility index (Phi) is 7.64. The standard InChI is InChI=1S/C18H15ClF3N3O6/c1-29-15-6-10(5-12(19)17(15)31-9-16(26)30-2)8-23-24-13-4-3-11(18(20,21)22)7-14(13)25(27)28/h3-8,24H,9H2,1-2H3/b23-8-. The quantitative estimate of drug-likeness (QED) is 0.270. The van der Waals surface area contributed by atoms with E-state index in [9.17, 15) is 28.1 Å². The molecule has 2 aromatic rings. The van der Waals surface area contributed by atoms with Crippen LogP contribution in [-0.4, -0.2) is 37.9 Å². The third kappa shape index (κ3) is 6.22. The van der Waals surface area contributed by atoms with Gasteiger partial charge in [-0.15, -0.1) is 0 Å². The minimum absolute atomic E-state index is 0.0743. The number of nitro groups is 1. The summed E-state index contributed by atoms with van der Waals surface area (Å²) >= 11 is 6.13.